The molecule has 0 aliphatic heterocycles. The molecule has 3 aromatic heterocycles. The molecule has 0 N–H and O–H groups in total. The van der Waals surface area contributed by atoms with Crippen molar-refractivity contribution in [2.24, 2.45) is 0 Å². The van der Waals surface area contributed by atoms with Crippen LogP contribution in [0.5, 0.6) is 0 Å². The molecule has 3 heterocycles. The lowest BCUT2D eigenvalue weighted by Crippen LogP contribution is -2.04. The number of hydrogen-bond donors (Lipinski definition) is 0. The number of para-hydroxylation sites is 2. The Hall–Kier alpha value is -2.53. The zero-order chi connectivity index (χ0) is 17.3. The van der Waals surface area contributed by atoms with Crippen molar-refractivity contribution in [3.63, 3.8) is 0 Å². The van der Waals surface area contributed by atoms with Crippen LogP contribution in [0.3, 0.4) is 0 Å². The normalized spacial score (nSPS) is 14.8. The van der Waals surface area contributed by atoms with Crippen LogP contribution < -0.4 is 0 Å². The van der Waals surface area contributed by atoms with Gasteiger partial charge in [0.05, 0.1) is 15.9 Å². The SMILES string of the molecule is C1=C(CCn2c(-c3cccs3)nc3nc4ccccc4nc32)CCCC1. The van der Waals surface area contributed by atoms with Crippen LogP contribution in [0.4, 0.5) is 0 Å². The molecule has 1 aliphatic carbocycles. The molecule has 0 spiro atoms. The Morgan fingerprint density at radius 2 is 1.85 bits per heavy atom. The fraction of sp³-hybridized carbons (Fsp3) is 0.286. The largest absolute Gasteiger partial charge is 0.306 e. The molecule has 0 saturated heterocycles. The number of aromatic nitrogens is 4. The van der Waals surface area contributed by atoms with Gasteiger partial charge in [-0.2, -0.15) is 0 Å². The number of aryl methyl sites for hydroxylation is 1. The first-order chi connectivity index (χ1) is 12.9. The topological polar surface area (TPSA) is 43.6 Å². The first kappa shape index (κ1) is 15.7. The molecule has 0 unspecified atom stereocenters. The first-order valence-electron chi connectivity index (χ1n) is 9.23. The van der Waals surface area contributed by atoms with Crippen molar-refractivity contribution in [2.75, 3.05) is 0 Å². The molecule has 0 fully saturated rings. The highest BCUT2D eigenvalue weighted by Crippen LogP contribution is 2.29. The van der Waals surface area contributed by atoms with Crippen molar-refractivity contribution < 1.29 is 0 Å². The van der Waals surface area contributed by atoms with Gasteiger partial charge >= 0.3 is 0 Å². The van der Waals surface area contributed by atoms with E-state index in [1.165, 1.54) is 30.6 Å². The van der Waals surface area contributed by atoms with Crippen LogP contribution in [-0.2, 0) is 6.54 Å². The molecule has 0 saturated carbocycles. The van der Waals surface area contributed by atoms with Crippen molar-refractivity contribution in [2.45, 2.75) is 38.6 Å². The predicted molar refractivity (Wildman–Crippen MR) is 107 cm³/mol. The summed E-state index contributed by atoms with van der Waals surface area (Å²) in [4.78, 5) is 15.7. The van der Waals surface area contributed by atoms with Gasteiger partial charge in [0.15, 0.2) is 17.1 Å². The smallest absolute Gasteiger partial charge is 0.198 e. The van der Waals surface area contributed by atoms with E-state index < -0.39 is 0 Å². The molecular weight excluding hydrogens is 340 g/mol. The Labute approximate surface area is 156 Å². The molecule has 1 aliphatic rings. The quantitative estimate of drug-likeness (QED) is 0.445. The molecule has 1 aromatic carbocycles. The minimum Gasteiger partial charge on any atom is -0.306 e. The third kappa shape index (κ3) is 2.82. The van der Waals surface area contributed by atoms with Gasteiger partial charge < -0.3 is 4.57 Å². The number of thiophene rings is 1. The molecule has 4 nitrogen and oxygen atoms in total. The lowest BCUT2D eigenvalue weighted by Gasteiger charge is -2.14. The van der Waals surface area contributed by atoms with Crippen LogP contribution >= 0.6 is 11.3 Å². The van der Waals surface area contributed by atoms with Crippen LogP contribution in [0.1, 0.15) is 32.1 Å². The standard InChI is InChI=1S/C21H20N4S/c1-2-7-15(8-3-1)12-13-25-20(18-11-6-14-26-18)24-19-21(25)23-17-10-5-4-9-16(17)22-19/h4-7,9-11,14H,1-3,8,12-13H2. The summed E-state index contributed by atoms with van der Waals surface area (Å²) in [5.41, 5.74) is 5.03. The third-order valence-corrected chi connectivity index (χ3v) is 5.91. The van der Waals surface area contributed by atoms with Crippen LogP contribution in [0.2, 0.25) is 0 Å². The molecule has 0 bridgehead atoms. The van der Waals surface area contributed by atoms with Gasteiger partial charge in [-0.3, -0.25) is 0 Å². The maximum Gasteiger partial charge on any atom is 0.198 e. The summed E-state index contributed by atoms with van der Waals surface area (Å²) < 4.78 is 2.26. The Bertz CT molecular complexity index is 1090. The predicted octanol–water partition coefficient (Wildman–Crippen LogP) is 5.60. The number of allylic oxidation sites excluding steroid dienone is 2. The number of benzene rings is 1. The average molecular weight is 360 g/mol. The van der Waals surface area contributed by atoms with Gasteiger partial charge in [0.2, 0.25) is 0 Å². The molecule has 130 valence electrons. The molecule has 5 rings (SSSR count). The number of rotatable bonds is 4. The summed E-state index contributed by atoms with van der Waals surface area (Å²) in [6.07, 6.45) is 8.60. The number of fused-ring (bicyclic) bond motifs is 2. The maximum absolute atomic E-state index is 4.90. The molecule has 4 aromatic rings. The first-order valence-corrected chi connectivity index (χ1v) is 10.1. The van der Waals surface area contributed by atoms with Gasteiger partial charge in [0.25, 0.3) is 0 Å². The van der Waals surface area contributed by atoms with Crippen LogP contribution in [0, 0.1) is 0 Å². The third-order valence-electron chi connectivity index (χ3n) is 5.04. The lowest BCUT2D eigenvalue weighted by atomic mass is 9.97. The van der Waals surface area contributed by atoms with Gasteiger partial charge in [-0.05, 0) is 55.7 Å². The van der Waals surface area contributed by atoms with E-state index in [0.717, 1.165) is 41.1 Å². The zero-order valence-electron chi connectivity index (χ0n) is 14.6. The fourth-order valence-corrected chi connectivity index (χ4v) is 4.41. The van der Waals surface area contributed by atoms with E-state index in [4.69, 9.17) is 15.0 Å². The van der Waals surface area contributed by atoms with Crippen LogP contribution in [0.15, 0.2) is 53.4 Å². The average Bonchev–Trinajstić information content (AvgIpc) is 3.33. The van der Waals surface area contributed by atoms with E-state index >= 15 is 0 Å². The van der Waals surface area contributed by atoms with Gasteiger partial charge in [-0.25, -0.2) is 15.0 Å². The van der Waals surface area contributed by atoms with E-state index in [1.807, 2.05) is 24.3 Å². The van der Waals surface area contributed by atoms with Crippen molar-refractivity contribution in [1.29, 1.82) is 0 Å². The summed E-state index contributed by atoms with van der Waals surface area (Å²) in [7, 11) is 0. The van der Waals surface area contributed by atoms with Gasteiger partial charge in [-0.1, -0.05) is 29.8 Å². The Morgan fingerprint density at radius 1 is 0.962 bits per heavy atom. The Balaban J connectivity index is 1.63. The second-order valence-corrected chi connectivity index (χ2v) is 7.73. The summed E-state index contributed by atoms with van der Waals surface area (Å²) in [5.74, 6) is 0.988. The number of nitrogens with zero attached hydrogens (tertiary/aromatic N) is 4. The summed E-state index contributed by atoms with van der Waals surface area (Å²) >= 11 is 1.72. The van der Waals surface area contributed by atoms with Gasteiger partial charge in [0.1, 0.15) is 0 Å². The van der Waals surface area contributed by atoms with Crippen LogP contribution in [0.25, 0.3) is 33.0 Å². The minimum atomic E-state index is 0.740. The number of hydrogen-bond acceptors (Lipinski definition) is 4. The summed E-state index contributed by atoms with van der Waals surface area (Å²) in [5, 5.41) is 2.10. The fourth-order valence-electron chi connectivity index (χ4n) is 3.69. The number of imidazole rings is 1. The van der Waals surface area contributed by atoms with Crippen molar-refractivity contribution in [3.8, 4) is 10.7 Å². The zero-order valence-corrected chi connectivity index (χ0v) is 15.4. The van der Waals surface area contributed by atoms with E-state index in [9.17, 15) is 0 Å². The molecule has 5 heteroatoms. The van der Waals surface area contributed by atoms with E-state index in [-0.39, 0.29) is 0 Å². The van der Waals surface area contributed by atoms with Crippen molar-refractivity contribution in [1.82, 2.24) is 19.5 Å². The highest BCUT2D eigenvalue weighted by molar-refractivity contribution is 7.13. The van der Waals surface area contributed by atoms with E-state index in [1.54, 1.807) is 16.9 Å². The van der Waals surface area contributed by atoms with Crippen LogP contribution in [-0.4, -0.2) is 19.5 Å². The molecule has 26 heavy (non-hydrogen) atoms. The Morgan fingerprint density at radius 3 is 2.62 bits per heavy atom. The molecule has 0 radical (unpaired) electrons. The van der Waals surface area contributed by atoms with Crippen molar-refractivity contribution in [3.05, 3.63) is 53.4 Å². The second-order valence-electron chi connectivity index (χ2n) is 6.78. The highest BCUT2D eigenvalue weighted by Gasteiger charge is 2.17. The van der Waals surface area contributed by atoms with Crippen molar-refractivity contribution >= 4 is 33.7 Å². The summed E-state index contributed by atoms with van der Waals surface area (Å²) in [6.45, 7) is 0.905. The lowest BCUT2D eigenvalue weighted by molar-refractivity contribution is 0.634. The second kappa shape index (κ2) is 6.65. The molecular formula is C21H20N4S. The summed E-state index contributed by atoms with van der Waals surface area (Å²) in [6, 6.07) is 12.2. The van der Waals surface area contributed by atoms with E-state index in [0.29, 0.717) is 0 Å². The van der Waals surface area contributed by atoms with Gasteiger partial charge in [0, 0.05) is 6.54 Å². The van der Waals surface area contributed by atoms with Gasteiger partial charge in [-0.15, -0.1) is 11.3 Å². The Kier molecular flexibility index (Phi) is 4.02. The van der Waals surface area contributed by atoms with E-state index in [2.05, 4.69) is 28.2 Å². The highest BCUT2D eigenvalue weighted by atomic mass is 32.1. The monoisotopic (exact) mass is 360 g/mol. The molecule has 0 atom stereocenters. The minimum absolute atomic E-state index is 0.740. The maximum atomic E-state index is 4.90. The molecule has 0 amide bonds.